The zero-order valence-electron chi connectivity index (χ0n) is 22.7. The molecule has 0 unspecified atom stereocenters. The Morgan fingerprint density at radius 2 is 1.03 bits per heavy atom. The first-order valence-corrected chi connectivity index (χ1v) is 11.9. The second-order valence-electron chi connectivity index (χ2n) is 8.75. The lowest BCUT2D eigenvalue weighted by Crippen LogP contribution is -2.08. The molecule has 4 rings (SSSR count). The topological polar surface area (TPSA) is 89.5 Å². The zero-order chi connectivity index (χ0) is 27.7. The molecule has 0 aliphatic heterocycles. The summed E-state index contributed by atoms with van der Waals surface area (Å²) in [6, 6.07) is 11.0. The summed E-state index contributed by atoms with van der Waals surface area (Å²) < 4.78 is 34.2. The number of carbonyl (C=O) groups excluding carboxylic acids is 2. The summed E-state index contributed by atoms with van der Waals surface area (Å²) >= 11 is 0. The molecule has 0 bridgehead atoms. The lowest BCUT2D eigenvalue weighted by atomic mass is 9.89. The second-order valence-corrected chi connectivity index (χ2v) is 8.75. The molecule has 4 aromatic rings. The van der Waals surface area contributed by atoms with Crippen LogP contribution < -0.4 is 28.4 Å². The molecule has 0 radical (unpaired) electrons. The van der Waals surface area contributed by atoms with Crippen LogP contribution in [0.4, 0.5) is 0 Å². The van der Waals surface area contributed by atoms with Crippen molar-refractivity contribution in [1.82, 2.24) is 0 Å². The van der Waals surface area contributed by atoms with Crippen molar-refractivity contribution >= 4 is 33.5 Å². The first-order valence-electron chi connectivity index (χ1n) is 11.9. The maximum atomic E-state index is 12.4. The number of hydrogen-bond acceptors (Lipinski definition) is 8. The Morgan fingerprint density at radius 3 is 1.50 bits per heavy atom. The molecule has 0 fully saturated rings. The molecule has 0 amide bonds. The molecule has 38 heavy (non-hydrogen) atoms. The predicted octanol–water partition coefficient (Wildman–Crippen LogP) is 6.16. The number of carbonyl (C=O) groups is 2. The Kier molecular flexibility index (Phi) is 7.35. The van der Waals surface area contributed by atoms with E-state index in [-0.39, 0.29) is 0 Å². The van der Waals surface area contributed by atoms with Crippen molar-refractivity contribution < 1.29 is 38.0 Å². The maximum Gasteiger partial charge on any atom is 0.308 e. The molecule has 8 heteroatoms. The third kappa shape index (κ3) is 4.42. The minimum atomic E-state index is -0.499. The average molecular weight is 519 g/mol. The molecular weight excluding hydrogens is 488 g/mol. The van der Waals surface area contributed by atoms with Crippen molar-refractivity contribution in [2.45, 2.75) is 27.7 Å². The van der Waals surface area contributed by atoms with E-state index in [0.717, 1.165) is 10.9 Å². The number of methoxy groups -OCH3 is 4. The molecular formula is C30H30O8. The quantitative estimate of drug-likeness (QED) is 0.212. The van der Waals surface area contributed by atoms with Crippen LogP contribution in [0.1, 0.15) is 25.0 Å². The predicted molar refractivity (Wildman–Crippen MR) is 145 cm³/mol. The summed E-state index contributed by atoms with van der Waals surface area (Å²) in [4.78, 5) is 24.6. The van der Waals surface area contributed by atoms with Gasteiger partial charge in [0.05, 0.1) is 39.2 Å². The highest BCUT2D eigenvalue weighted by molar-refractivity contribution is 6.08. The van der Waals surface area contributed by atoms with Crippen LogP contribution in [0.25, 0.3) is 32.7 Å². The molecule has 0 spiro atoms. The molecule has 0 saturated heterocycles. The Bertz CT molecular complexity index is 1590. The van der Waals surface area contributed by atoms with Gasteiger partial charge in [-0.25, -0.2) is 0 Å². The van der Waals surface area contributed by atoms with Crippen molar-refractivity contribution in [3.05, 3.63) is 47.5 Å². The van der Waals surface area contributed by atoms with Crippen molar-refractivity contribution in [2.24, 2.45) is 0 Å². The number of hydrogen-bond donors (Lipinski definition) is 0. The molecule has 4 aromatic carbocycles. The molecule has 0 aliphatic rings. The molecule has 0 N–H and O–H groups in total. The number of benzene rings is 4. The Hall–Kier alpha value is -4.46. The molecule has 0 saturated carbocycles. The number of esters is 2. The fourth-order valence-corrected chi connectivity index (χ4v) is 4.88. The van der Waals surface area contributed by atoms with Crippen LogP contribution in [0.2, 0.25) is 0 Å². The van der Waals surface area contributed by atoms with Gasteiger partial charge < -0.3 is 28.4 Å². The van der Waals surface area contributed by atoms with Gasteiger partial charge in [0.1, 0.15) is 28.7 Å². The van der Waals surface area contributed by atoms with Gasteiger partial charge in [-0.1, -0.05) is 0 Å². The van der Waals surface area contributed by atoms with Crippen molar-refractivity contribution in [3.63, 3.8) is 0 Å². The van der Waals surface area contributed by atoms with E-state index in [2.05, 4.69) is 0 Å². The average Bonchev–Trinajstić information content (AvgIpc) is 2.88. The fraction of sp³-hybridized carbons (Fsp3) is 0.267. The minimum absolute atomic E-state index is 0.307. The van der Waals surface area contributed by atoms with E-state index in [1.54, 1.807) is 52.7 Å². The monoisotopic (exact) mass is 518 g/mol. The number of fused-ring (bicyclic) bond motifs is 2. The SMILES string of the molecule is COc1ccc(OC)c2c(OC(C)=O)c(C)c(-c3c(C)cc4c(OC)ccc(OC)c4c3OC(C)=O)cc12. The highest BCUT2D eigenvalue weighted by Crippen LogP contribution is 2.51. The largest absolute Gasteiger partial charge is 0.496 e. The van der Waals surface area contributed by atoms with Crippen LogP contribution >= 0.6 is 0 Å². The number of ether oxygens (including phenoxy) is 6. The lowest BCUT2D eigenvalue weighted by Gasteiger charge is -2.22. The number of rotatable bonds is 7. The summed E-state index contributed by atoms with van der Waals surface area (Å²) in [5.74, 6) is 1.84. The molecule has 0 atom stereocenters. The highest BCUT2D eigenvalue weighted by atomic mass is 16.5. The first-order chi connectivity index (χ1) is 18.2. The Labute approximate surface area is 221 Å². The Balaban J connectivity index is 2.25. The molecule has 0 heterocycles. The van der Waals surface area contributed by atoms with E-state index < -0.39 is 11.9 Å². The molecule has 0 aliphatic carbocycles. The fourth-order valence-electron chi connectivity index (χ4n) is 4.88. The van der Waals surface area contributed by atoms with E-state index in [0.29, 0.717) is 67.3 Å². The van der Waals surface area contributed by atoms with Crippen LogP contribution in [0.3, 0.4) is 0 Å². The van der Waals surface area contributed by atoms with Crippen LogP contribution in [0.5, 0.6) is 34.5 Å². The van der Waals surface area contributed by atoms with Crippen LogP contribution in [-0.4, -0.2) is 40.4 Å². The van der Waals surface area contributed by atoms with Gasteiger partial charge in [0.15, 0.2) is 5.75 Å². The molecule has 198 valence electrons. The summed E-state index contributed by atoms with van der Waals surface area (Å²) in [6.45, 7) is 6.44. The van der Waals surface area contributed by atoms with Crippen LogP contribution in [0.15, 0.2) is 36.4 Å². The van der Waals surface area contributed by atoms with Gasteiger partial charge in [-0.05, 0) is 61.4 Å². The lowest BCUT2D eigenvalue weighted by molar-refractivity contribution is -0.132. The van der Waals surface area contributed by atoms with E-state index in [4.69, 9.17) is 28.4 Å². The van der Waals surface area contributed by atoms with E-state index >= 15 is 0 Å². The van der Waals surface area contributed by atoms with Crippen molar-refractivity contribution in [3.8, 4) is 45.6 Å². The highest BCUT2D eigenvalue weighted by Gasteiger charge is 2.26. The summed E-state index contributed by atoms with van der Waals surface area (Å²) in [5, 5.41) is 2.56. The van der Waals surface area contributed by atoms with Crippen LogP contribution in [0, 0.1) is 13.8 Å². The minimum Gasteiger partial charge on any atom is -0.496 e. The van der Waals surface area contributed by atoms with Gasteiger partial charge in [0, 0.05) is 35.7 Å². The summed E-state index contributed by atoms with van der Waals surface area (Å²) in [7, 11) is 6.24. The third-order valence-corrected chi connectivity index (χ3v) is 6.44. The molecule has 8 nitrogen and oxygen atoms in total. The summed E-state index contributed by atoms with van der Waals surface area (Å²) in [6.07, 6.45) is 0. The normalized spacial score (nSPS) is 10.8. The smallest absolute Gasteiger partial charge is 0.308 e. The first kappa shape index (κ1) is 26.6. The van der Waals surface area contributed by atoms with E-state index in [1.165, 1.54) is 13.8 Å². The van der Waals surface area contributed by atoms with Crippen molar-refractivity contribution in [2.75, 3.05) is 28.4 Å². The van der Waals surface area contributed by atoms with Gasteiger partial charge in [0.25, 0.3) is 0 Å². The standard InChI is InChI=1S/C30H30O8/c1-15-13-20-22(33-5)9-12-25(36-8)28(20)30(38-18(4)32)26(15)19-14-21-23(34-6)10-11-24(35-7)27(21)29(16(19)2)37-17(3)31/h9-14H,1-8H3. The van der Waals surface area contributed by atoms with Gasteiger partial charge in [-0.3, -0.25) is 9.59 Å². The van der Waals surface area contributed by atoms with Gasteiger partial charge in [-0.15, -0.1) is 0 Å². The second kappa shape index (κ2) is 10.5. The van der Waals surface area contributed by atoms with Crippen LogP contribution in [-0.2, 0) is 9.59 Å². The van der Waals surface area contributed by atoms with E-state index in [1.807, 2.05) is 26.0 Å². The van der Waals surface area contributed by atoms with Crippen molar-refractivity contribution in [1.29, 1.82) is 0 Å². The van der Waals surface area contributed by atoms with Gasteiger partial charge in [-0.2, -0.15) is 0 Å². The molecule has 0 aromatic heterocycles. The maximum absolute atomic E-state index is 12.4. The Morgan fingerprint density at radius 1 is 0.605 bits per heavy atom. The number of aryl methyl sites for hydroxylation is 1. The van der Waals surface area contributed by atoms with E-state index in [9.17, 15) is 9.59 Å². The zero-order valence-corrected chi connectivity index (χ0v) is 22.7. The van der Waals surface area contributed by atoms with Gasteiger partial charge >= 0.3 is 11.9 Å². The summed E-state index contributed by atoms with van der Waals surface area (Å²) in [5.41, 5.74) is 2.77. The van der Waals surface area contributed by atoms with Gasteiger partial charge in [0.2, 0.25) is 0 Å². The third-order valence-electron chi connectivity index (χ3n) is 6.44.